The first kappa shape index (κ1) is 16.0. The van der Waals surface area contributed by atoms with Crippen LogP contribution in [0, 0.1) is 10.1 Å². The smallest absolute Gasteiger partial charge is 0.245 e. The van der Waals surface area contributed by atoms with Crippen LogP contribution in [0.4, 0.5) is 0 Å². The SMILES string of the molecule is C=C(SN=CC(C)[N+](=O)[O-])N(CCC)CCC. The summed E-state index contributed by atoms with van der Waals surface area (Å²) in [5, 5.41) is 11.2. The van der Waals surface area contributed by atoms with Gasteiger partial charge in [-0.15, -0.1) is 0 Å². The van der Waals surface area contributed by atoms with Crippen molar-refractivity contribution in [3.8, 4) is 0 Å². The van der Waals surface area contributed by atoms with Crippen LogP contribution in [0.2, 0.25) is 0 Å². The molecule has 0 N–H and O–H groups in total. The molecule has 0 fully saturated rings. The van der Waals surface area contributed by atoms with Gasteiger partial charge in [0.05, 0.1) is 11.2 Å². The van der Waals surface area contributed by atoms with E-state index in [2.05, 4.69) is 29.7 Å². The first-order valence-electron chi connectivity index (χ1n) is 5.80. The molecule has 0 radical (unpaired) electrons. The third kappa shape index (κ3) is 6.99. The quantitative estimate of drug-likeness (QED) is 0.276. The molecule has 0 aromatic carbocycles. The van der Waals surface area contributed by atoms with Crippen molar-refractivity contribution in [2.75, 3.05) is 13.1 Å². The predicted octanol–water partition coefficient (Wildman–Crippen LogP) is 2.96. The molecule has 0 saturated carbocycles. The normalized spacial score (nSPS) is 12.6. The van der Waals surface area contributed by atoms with Gasteiger partial charge in [0.2, 0.25) is 6.04 Å². The maximum absolute atomic E-state index is 10.4. The molecule has 6 heteroatoms. The standard InChI is InChI=1S/C11H21N3O2S/c1-5-7-13(8-6-2)11(4)17-12-9-10(3)14(15)16/h9-10H,4-8H2,1-3H3. The number of nitro groups is 1. The first-order chi connectivity index (χ1) is 8.02. The fourth-order valence-corrected chi connectivity index (χ4v) is 1.85. The second-order valence-corrected chi connectivity index (χ2v) is 4.62. The zero-order chi connectivity index (χ0) is 13.3. The molecule has 5 nitrogen and oxygen atoms in total. The molecule has 0 aromatic heterocycles. The third-order valence-corrected chi connectivity index (χ3v) is 2.80. The van der Waals surface area contributed by atoms with Gasteiger partial charge in [0.25, 0.3) is 0 Å². The zero-order valence-corrected chi connectivity index (χ0v) is 11.6. The third-order valence-electron chi connectivity index (χ3n) is 2.11. The zero-order valence-electron chi connectivity index (χ0n) is 10.8. The summed E-state index contributed by atoms with van der Waals surface area (Å²) in [5.74, 6) is 0. The van der Waals surface area contributed by atoms with Crippen LogP contribution in [0.15, 0.2) is 16.0 Å². The Bertz CT molecular complexity index is 276. The second-order valence-electron chi connectivity index (χ2n) is 3.75. The minimum atomic E-state index is -0.749. The largest absolute Gasteiger partial charge is 0.365 e. The van der Waals surface area contributed by atoms with Crippen molar-refractivity contribution < 1.29 is 4.92 Å². The van der Waals surface area contributed by atoms with Gasteiger partial charge in [0.1, 0.15) is 0 Å². The lowest BCUT2D eigenvalue weighted by atomic mass is 10.4. The summed E-state index contributed by atoms with van der Waals surface area (Å²) < 4.78 is 3.99. The van der Waals surface area contributed by atoms with E-state index in [9.17, 15) is 10.1 Å². The molecule has 0 heterocycles. The molecule has 0 bridgehead atoms. The van der Waals surface area contributed by atoms with Gasteiger partial charge in [0.15, 0.2) is 0 Å². The molecule has 0 rings (SSSR count). The Morgan fingerprint density at radius 3 is 2.47 bits per heavy atom. The molecular weight excluding hydrogens is 238 g/mol. The fourth-order valence-electron chi connectivity index (χ4n) is 1.19. The van der Waals surface area contributed by atoms with Crippen LogP contribution in [0.5, 0.6) is 0 Å². The Labute approximate surface area is 107 Å². The molecule has 1 unspecified atom stereocenters. The minimum absolute atomic E-state index is 0.372. The van der Waals surface area contributed by atoms with E-state index in [1.165, 1.54) is 25.1 Å². The highest BCUT2D eigenvalue weighted by atomic mass is 32.2. The lowest BCUT2D eigenvalue weighted by Crippen LogP contribution is -2.22. The molecule has 98 valence electrons. The lowest BCUT2D eigenvalue weighted by Gasteiger charge is -2.23. The molecule has 0 spiro atoms. The van der Waals surface area contributed by atoms with E-state index in [-0.39, 0.29) is 4.92 Å². The van der Waals surface area contributed by atoms with E-state index in [1.54, 1.807) is 0 Å². The maximum atomic E-state index is 10.4. The summed E-state index contributed by atoms with van der Waals surface area (Å²) >= 11 is 1.21. The van der Waals surface area contributed by atoms with Crippen LogP contribution >= 0.6 is 11.9 Å². The van der Waals surface area contributed by atoms with E-state index in [1.807, 2.05) is 0 Å². The molecule has 1 atom stereocenters. The molecule has 0 aliphatic heterocycles. The van der Waals surface area contributed by atoms with Crippen molar-refractivity contribution in [3.05, 3.63) is 21.7 Å². The highest BCUT2D eigenvalue weighted by Crippen LogP contribution is 2.19. The maximum Gasteiger partial charge on any atom is 0.245 e. The summed E-state index contributed by atoms with van der Waals surface area (Å²) in [6.45, 7) is 11.6. The van der Waals surface area contributed by atoms with Gasteiger partial charge >= 0.3 is 0 Å². The van der Waals surface area contributed by atoms with Crippen molar-refractivity contribution in [2.45, 2.75) is 39.7 Å². The Morgan fingerprint density at radius 2 is 2.06 bits per heavy atom. The van der Waals surface area contributed by atoms with Crippen LogP contribution in [-0.4, -0.2) is 35.2 Å². The summed E-state index contributed by atoms with van der Waals surface area (Å²) in [6.07, 6.45) is 3.44. The topological polar surface area (TPSA) is 58.7 Å². The van der Waals surface area contributed by atoms with Crippen LogP contribution in [-0.2, 0) is 0 Å². The van der Waals surface area contributed by atoms with Crippen molar-refractivity contribution in [2.24, 2.45) is 4.40 Å². The van der Waals surface area contributed by atoms with Gasteiger partial charge in [-0.25, -0.2) is 4.40 Å². The molecule has 0 aromatic rings. The highest BCUT2D eigenvalue weighted by molar-refractivity contribution is 8.01. The monoisotopic (exact) mass is 259 g/mol. The fraction of sp³-hybridized carbons (Fsp3) is 0.727. The van der Waals surface area contributed by atoms with Gasteiger partial charge in [0, 0.05) is 36.9 Å². The van der Waals surface area contributed by atoms with Crippen molar-refractivity contribution >= 4 is 18.2 Å². The van der Waals surface area contributed by atoms with Crippen molar-refractivity contribution in [1.29, 1.82) is 0 Å². The van der Waals surface area contributed by atoms with Gasteiger partial charge in [-0.2, -0.15) is 0 Å². The summed E-state index contributed by atoms with van der Waals surface area (Å²) in [4.78, 5) is 12.2. The first-order valence-corrected chi connectivity index (χ1v) is 6.58. The molecule has 0 saturated heterocycles. The molecule has 0 aliphatic carbocycles. The number of hydrogen-bond donors (Lipinski definition) is 0. The van der Waals surface area contributed by atoms with Gasteiger partial charge < -0.3 is 4.90 Å². The molecular formula is C11H21N3O2S. The van der Waals surface area contributed by atoms with E-state index in [4.69, 9.17) is 0 Å². The lowest BCUT2D eigenvalue weighted by molar-refractivity contribution is -0.497. The molecule has 0 amide bonds. The summed E-state index contributed by atoms with van der Waals surface area (Å²) in [7, 11) is 0. The van der Waals surface area contributed by atoms with Gasteiger partial charge in [-0.05, 0) is 12.8 Å². The van der Waals surface area contributed by atoms with E-state index in [0.717, 1.165) is 31.0 Å². The van der Waals surface area contributed by atoms with Crippen LogP contribution in [0.3, 0.4) is 0 Å². The van der Waals surface area contributed by atoms with Crippen molar-refractivity contribution in [3.63, 3.8) is 0 Å². The number of nitrogens with zero attached hydrogens (tertiary/aromatic N) is 3. The van der Waals surface area contributed by atoms with Gasteiger partial charge in [-0.3, -0.25) is 10.1 Å². The van der Waals surface area contributed by atoms with Crippen molar-refractivity contribution in [1.82, 2.24) is 4.90 Å². The van der Waals surface area contributed by atoms with Crippen LogP contribution < -0.4 is 0 Å². The van der Waals surface area contributed by atoms with E-state index in [0.29, 0.717) is 0 Å². The van der Waals surface area contributed by atoms with E-state index < -0.39 is 6.04 Å². The Morgan fingerprint density at radius 1 is 1.53 bits per heavy atom. The van der Waals surface area contributed by atoms with Gasteiger partial charge in [-0.1, -0.05) is 20.4 Å². The predicted molar refractivity (Wildman–Crippen MR) is 73.8 cm³/mol. The minimum Gasteiger partial charge on any atom is -0.365 e. The summed E-state index contributed by atoms with van der Waals surface area (Å²) in [5.41, 5.74) is 0. The summed E-state index contributed by atoms with van der Waals surface area (Å²) in [6, 6.07) is -0.749. The average Bonchev–Trinajstić information content (AvgIpc) is 2.28. The van der Waals surface area contributed by atoms with Crippen LogP contribution in [0.25, 0.3) is 0 Å². The number of hydrogen-bond acceptors (Lipinski definition) is 5. The molecule has 17 heavy (non-hydrogen) atoms. The second kappa shape index (κ2) is 9.04. The molecule has 0 aliphatic rings. The Balaban J connectivity index is 4.17. The Hall–Kier alpha value is -1.04. The average molecular weight is 259 g/mol. The number of rotatable bonds is 9. The van der Waals surface area contributed by atoms with E-state index >= 15 is 0 Å². The van der Waals surface area contributed by atoms with Crippen LogP contribution in [0.1, 0.15) is 33.6 Å². The highest BCUT2D eigenvalue weighted by Gasteiger charge is 2.09. The Kier molecular flexibility index (Phi) is 8.49.